The molecule has 4 heteroatoms. The van der Waals surface area contributed by atoms with Crippen molar-refractivity contribution in [3.63, 3.8) is 0 Å². The SMILES string of the molecule is CCNC(c1ccccc1I)c1sc(C)cc1Br. The smallest absolute Gasteiger partial charge is 0.0692 e. The number of rotatable bonds is 4. The van der Waals surface area contributed by atoms with Crippen LogP contribution in [0, 0.1) is 10.5 Å². The van der Waals surface area contributed by atoms with Crippen LogP contribution in [0.2, 0.25) is 0 Å². The first-order valence-electron chi connectivity index (χ1n) is 5.87. The van der Waals surface area contributed by atoms with Gasteiger partial charge in [-0.15, -0.1) is 11.3 Å². The maximum Gasteiger partial charge on any atom is 0.0692 e. The second-order valence-corrected chi connectivity index (χ2v) is 7.39. The van der Waals surface area contributed by atoms with Gasteiger partial charge in [0.2, 0.25) is 0 Å². The van der Waals surface area contributed by atoms with Crippen molar-refractivity contribution >= 4 is 49.9 Å². The van der Waals surface area contributed by atoms with Gasteiger partial charge in [-0.05, 0) is 69.7 Å². The Morgan fingerprint density at radius 1 is 1.39 bits per heavy atom. The van der Waals surface area contributed by atoms with E-state index in [9.17, 15) is 0 Å². The molecule has 18 heavy (non-hydrogen) atoms. The summed E-state index contributed by atoms with van der Waals surface area (Å²) in [5.74, 6) is 0. The molecule has 0 amide bonds. The zero-order valence-corrected chi connectivity index (χ0v) is 14.9. The number of aryl methyl sites for hydroxylation is 1. The van der Waals surface area contributed by atoms with Crippen LogP contribution in [0.15, 0.2) is 34.8 Å². The Morgan fingerprint density at radius 2 is 2.11 bits per heavy atom. The number of nitrogens with one attached hydrogen (secondary N) is 1. The predicted molar refractivity (Wildman–Crippen MR) is 91.4 cm³/mol. The molecule has 0 saturated carbocycles. The van der Waals surface area contributed by atoms with Crippen molar-refractivity contribution in [1.29, 1.82) is 0 Å². The monoisotopic (exact) mass is 435 g/mol. The largest absolute Gasteiger partial charge is 0.306 e. The second-order valence-electron chi connectivity index (χ2n) is 4.08. The highest BCUT2D eigenvalue weighted by Crippen LogP contribution is 2.36. The molecule has 0 spiro atoms. The van der Waals surface area contributed by atoms with Crippen molar-refractivity contribution in [1.82, 2.24) is 5.32 Å². The van der Waals surface area contributed by atoms with Gasteiger partial charge in [0.15, 0.2) is 0 Å². The van der Waals surface area contributed by atoms with Crippen LogP contribution in [0.3, 0.4) is 0 Å². The molecule has 0 aliphatic heterocycles. The van der Waals surface area contributed by atoms with Crippen molar-refractivity contribution in [2.45, 2.75) is 19.9 Å². The Balaban J connectivity index is 2.46. The molecule has 1 heterocycles. The third-order valence-electron chi connectivity index (χ3n) is 2.72. The van der Waals surface area contributed by atoms with E-state index in [-0.39, 0.29) is 6.04 Å². The maximum atomic E-state index is 3.68. The summed E-state index contributed by atoms with van der Waals surface area (Å²) in [4.78, 5) is 2.70. The Morgan fingerprint density at radius 3 is 2.67 bits per heavy atom. The number of benzene rings is 1. The molecule has 1 atom stereocenters. The molecule has 96 valence electrons. The van der Waals surface area contributed by atoms with Crippen LogP contribution in [0.4, 0.5) is 0 Å². The molecule has 1 N–H and O–H groups in total. The van der Waals surface area contributed by atoms with E-state index in [0.29, 0.717) is 0 Å². The third-order valence-corrected chi connectivity index (χ3v) is 5.74. The molecule has 2 aromatic rings. The van der Waals surface area contributed by atoms with E-state index in [4.69, 9.17) is 0 Å². The summed E-state index contributed by atoms with van der Waals surface area (Å²) in [6.07, 6.45) is 0. The molecule has 0 aliphatic carbocycles. The van der Waals surface area contributed by atoms with Gasteiger partial charge in [-0.1, -0.05) is 25.1 Å². The fourth-order valence-electron chi connectivity index (χ4n) is 1.96. The van der Waals surface area contributed by atoms with Gasteiger partial charge in [0.25, 0.3) is 0 Å². The molecule has 0 saturated heterocycles. The van der Waals surface area contributed by atoms with Crippen molar-refractivity contribution in [2.24, 2.45) is 0 Å². The van der Waals surface area contributed by atoms with Crippen LogP contribution in [0.1, 0.15) is 28.3 Å². The molecule has 0 radical (unpaired) electrons. The molecule has 0 aliphatic rings. The van der Waals surface area contributed by atoms with Crippen molar-refractivity contribution in [2.75, 3.05) is 6.54 Å². The van der Waals surface area contributed by atoms with Crippen LogP contribution in [-0.4, -0.2) is 6.54 Å². The van der Waals surface area contributed by atoms with Crippen molar-refractivity contribution in [3.8, 4) is 0 Å². The fraction of sp³-hybridized carbons (Fsp3) is 0.286. The van der Waals surface area contributed by atoms with Crippen molar-refractivity contribution in [3.05, 3.63) is 53.7 Å². The molecule has 1 aromatic carbocycles. The van der Waals surface area contributed by atoms with Crippen LogP contribution >= 0.6 is 49.9 Å². The molecule has 0 fully saturated rings. The van der Waals surface area contributed by atoms with Gasteiger partial charge in [0.1, 0.15) is 0 Å². The minimum atomic E-state index is 0.274. The highest BCUT2D eigenvalue weighted by Gasteiger charge is 2.20. The van der Waals surface area contributed by atoms with Crippen LogP contribution in [-0.2, 0) is 0 Å². The predicted octanol–water partition coefficient (Wildman–Crippen LogP) is 5.12. The Bertz CT molecular complexity index is 538. The summed E-state index contributed by atoms with van der Waals surface area (Å²) in [5.41, 5.74) is 1.35. The average Bonchev–Trinajstić information content (AvgIpc) is 2.66. The number of thiophene rings is 1. The molecule has 1 aromatic heterocycles. The van der Waals surface area contributed by atoms with E-state index in [1.807, 2.05) is 11.3 Å². The van der Waals surface area contributed by atoms with Gasteiger partial charge in [-0.25, -0.2) is 0 Å². The molecule has 2 rings (SSSR count). The first-order chi connectivity index (χ1) is 8.63. The maximum absolute atomic E-state index is 3.68. The lowest BCUT2D eigenvalue weighted by Crippen LogP contribution is -2.22. The first kappa shape index (κ1) is 14.5. The lowest BCUT2D eigenvalue weighted by Gasteiger charge is -2.19. The summed E-state index contributed by atoms with van der Waals surface area (Å²) in [7, 11) is 0. The minimum Gasteiger partial charge on any atom is -0.306 e. The van der Waals surface area contributed by atoms with Gasteiger partial charge in [0.05, 0.1) is 6.04 Å². The van der Waals surface area contributed by atoms with Crippen LogP contribution < -0.4 is 5.32 Å². The van der Waals surface area contributed by atoms with Crippen LogP contribution in [0.25, 0.3) is 0 Å². The lowest BCUT2D eigenvalue weighted by atomic mass is 10.1. The van der Waals surface area contributed by atoms with E-state index >= 15 is 0 Å². The summed E-state index contributed by atoms with van der Waals surface area (Å²) in [6.45, 7) is 5.26. The average molecular weight is 436 g/mol. The second kappa shape index (κ2) is 6.50. The Labute approximate surface area is 134 Å². The Kier molecular flexibility index (Phi) is 5.24. The van der Waals surface area contributed by atoms with Gasteiger partial charge in [0, 0.05) is 17.8 Å². The quantitative estimate of drug-likeness (QED) is 0.657. The van der Waals surface area contributed by atoms with Gasteiger partial charge >= 0.3 is 0 Å². The summed E-state index contributed by atoms with van der Waals surface area (Å²) in [6, 6.07) is 11.0. The summed E-state index contributed by atoms with van der Waals surface area (Å²) >= 11 is 7.94. The van der Waals surface area contributed by atoms with E-state index in [1.165, 1.54) is 23.4 Å². The van der Waals surface area contributed by atoms with Gasteiger partial charge in [-0.2, -0.15) is 0 Å². The number of hydrogen-bond donors (Lipinski definition) is 1. The lowest BCUT2D eigenvalue weighted by molar-refractivity contribution is 0.635. The zero-order chi connectivity index (χ0) is 13.1. The van der Waals surface area contributed by atoms with E-state index in [2.05, 4.69) is 88.0 Å². The topological polar surface area (TPSA) is 12.0 Å². The standard InChI is InChI=1S/C14H15BrINS/c1-3-17-13(10-6-4-5-7-12(10)16)14-11(15)8-9(2)18-14/h4-8,13,17H,3H2,1-2H3. The normalized spacial score (nSPS) is 12.7. The zero-order valence-electron chi connectivity index (χ0n) is 10.3. The minimum absolute atomic E-state index is 0.274. The first-order valence-corrected chi connectivity index (χ1v) is 8.56. The van der Waals surface area contributed by atoms with Gasteiger partial charge < -0.3 is 5.32 Å². The number of hydrogen-bond acceptors (Lipinski definition) is 2. The molecule has 1 unspecified atom stereocenters. The van der Waals surface area contributed by atoms with Gasteiger partial charge in [-0.3, -0.25) is 0 Å². The molecular formula is C14H15BrINS. The van der Waals surface area contributed by atoms with E-state index in [0.717, 1.165) is 6.54 Å². The highest BCUT2D eigenvalue weighted by molar-refractivity contribution is 14.1. The highest BCUT2D eigenvalue weighted by atomic mass is 127. The molecule has 0 bridgehead atoms. The fourth-order valence-corrected chi connectivity index (χ4v) is 4.63. The number of halogens is 2. The summed E-state index contributed by atoms with van der Waals surface area (Å²) < 4.78 is 2.51. The third kappa shape index (κ3) is 3.15. The summed E-state index contributed by atoms with van der Waals surface area (Å²) in [5, 5.41) is 3.59. The Hall–Kier alpha value is 0.0900. The van der Waals surface area contributed by atoms with E-state index < -0.39 is 0 Å². The van der Waals surface area contributed by atoms with Crippen LogP contribution in [0.5, 0.6) is 0 Å². The van der Waals surface area contributed by atoms with Crippen molar-refractivity contribution < 1.29 is 0 Å². The molecule has 1 nitrogen and oxygen atoms in total. The molecular weight excluding hydrogens is 421 g/mol. The van der Waals surface area contributed by atoms with E-state index in [1.54, 1.807) is 0 Å².